The maximum absolute atomic E-state index is 12.9. The number of aliphatic hydroxyl groups is 1. The molecule has 1 amide bonds. The van der Waals surface area contributed by atoms with E-state index in [0.29, 0.717) is 13.0 Å². The summed E-state index contributed by atoms with van der Waals surface area (Å²) in [6, 6.07) is 16.0. The van der Waals surface area contributed by atoms with E-state index in [0.717, 1.165) is 10.5 Å². The van der Waals surface area contributed by atoms with E-state index in [4.69, 9.17) is 0 Å². The van der Waals surface area contributed by atoms with Gasteiger partial charge < -0.3 is 10.4 Å². The van der Waals surface area contributed by atoms with Crippen molar-refractivity contribution >= 4 is 17.7 Å². The molecule has 0 spiro atoms. The highest BCUT2D eigenvalue weighted by Gasteiger charge is 2.15. The molecule has 2 unspecified atom stereocenters. The van der Waals surface area contributed by atoms with Gasteiger partial charge in [0.1, 0.15) is 5.82 Å². The van der Waals surface area contributed by atoms with E-state index in [1.165, 1.54) is 23.9 Å². The van der Waals surface area contributed by atoms with Gasteiger partial charge in [-0.25, -0.2) is 4.39 Å². The summed E-state index contributed by atoms with van der Waals surface area (Å²) in [5.41, 5.74) is 1.10. The van der Waals surface area contributed by atoms with Crippen LogP contribution in [0.4, 0.5) is 4.39 Å². The van der Waals surface area contributed by atoms with Gasteiger partial charge in [0, 0.05) is 17.4 Å². The van der Waals surface area contributed by atoms with Crippen LogP contribution in [0.1, 0.15) is 24.8 Å². The van der Waals surface area contributed by atoms with Gasteiger partial charge in [0.25, 0.3) is 0 Å². The number of aliphatic hydroxyl groups excluding tert-OH is 1. The second kappa shape index (κ2) is 9.45. The predicted octanol–water partition coefficient (Wildman–Crippen LogP) is 3.59. The van der Waals surface area contributed by atoms with E-state index < -0.39 is 6.10 Å². The predicted molar refractivity (Wildman–Crippen MR) is 95.6 cm³/mol. The number of carbonyl (C=O) groups is 1. The highest BCUT2D eigenvalue weighted by Crippen LogP contribution is 2.21. The lowest BCUT2D eigenvalue weighted by atomic mass is 9.93. The van der Waals surface area contributed by atoms with Crippen LogP contribution in [-0.4, -0.2) is 29.4 Å². The summed E-state index contributed by atoms with van der Waals surface area (Å²) in [4.78, 5) is 12.9. The summed E-state index contributed by atoms with van der Waals surface area (Å²) in [5.74, 6) is -0.00333. The number of thioether (sulfide) groups is 1. The Hall–Kier alpha value is -1.85. The summed E-state index contributed by atoms with van der Waals surface area (Å²) >= 11 is 1.37. The molecule has 2 N–H and O–H groups in total. The van der Waals surface area contributed by atoms with Gasteiger partial charge in [-0.05, 0) is 43.2 Å². The van der Waals surface area contributed by atoms with Crippen LogP contribution in [0.2, 0.25) is 0 Å². The zero-order valence-electron chi connectivity index (χ0n) is 13.6. The van der Waals surface area contributed by atoms with Gasteiger partial charge in [0.05, 0.1) is 11.9 Å². The Kier molecular flexibility index (Phi) is 7.28. The monoisotopic (exact) mass is 347 g/mol. The van der Waals surface area contributed by atoms with Crippen molar-refractivity contribution in [2.75, 3.05) is 12.3 Å². The summed E-state index contributed by atoms with van der Waals surface area (Å²) in [6.45, 7) is 2.24. The van der Waals surface area contributed by atoms with E-state index in [1.54, 1.807) is 19.1 Å². The summed E-state index contributed by atoms with van der Waals surface area (Å²) in [6.07, 6.45) is 0.163. The molecule has 0 aliphatic rings. The maximum atomic E-state index is 12.9. The highest BCUT2D eigenvalue weighted by atomic mass is 32.2. The van der Waals surface area contributed by atoms with Crippen LogP contribution >= 0.6 is 11.8 Å². The van der Waals surface area contributed by atoms with Crippen LogP contribution in [0.5, 0.6) is 0 Å². The van der Waals surface area contributed by atoms with Gasteiger partial charge >= 0.3 is 0 Å². The van der Waals surface area contributed by atoms with Crippen molar-refractivity contribution in [2.45, 2.75) is 30.3 Å². The Labute approximate surface area is 146 Å². The maximum Gasteiger partial charge on any atom is 0.230 e. The molecule has 0 aromatic heterocycles. The summed E-state index contributed by atoms with van der Waals surface area (Å²) in [7, 11) is 0. The van der Waals surface area contributed by atoms with E-state index >= 15 is 0 Å². The fourth-order valence-corrected chi connectivity index (χ4v) is 3.17. The minimum atomic E-state index is -0.430. The van der Waals surface area contributed by atoms with Crippen LogP contribution in [0.25, 0.3) is 0 Å². The van der Waals surface area contributed by atoms with E-state index in [-0.39, 0.29) is 23.4 Å². The molecule has 5 heteroatoms. The second-order valence-corrected chi connectivity index (χ2v) is 6.79. The van der Waals surface area contributed by atoms with E-state index in [1.807, 2.05) is 30.3 Å². The van der Waals surface area contributed by atoms with Gasteiger partial charge in [0.15, 0.2) is 0 Å². The number of amides is 1. The van der Waals surface area contributed by atoms with Crippen molar-refractivity contribution in [3.8, 4) is 0 Å². The fourth-order valence-electron chi connectivity index (χ4n) is 2.44. The van der Waals surface area contributed by atoms with Crippen LogP contribution in [0.3, 0.4) is 0 Å². The number of benzene rings is 2. The number of rotatable bonds is 8. The van der Waals surface area contributed by atoms with Crippen molar-refractivity contribution in [3.63, 3.8) is 0 Å². The molecule has 2 aromatic carbocycles. The second-order valence-electron chi connectivity index (χ2n) is 5.74. The molecule has 3 nitrogen and oxygen atoms in total. The van der Waals surface area contributed by atoms with Crippen molar-refractivity contribution in [3.05, 3.63) is 66.0 Å². The van der Waals surface area contributed by atoms with E-state index in [2.05, 4.69) is 5.32 Å². The Morgan fingerprint density at radius 3 is 2.46 bits per heavy atom. The van der Waals surface area contributed by atoms with Crippen LogP contribution in [0, 0.1) is 5.82 Å². The molecule has 24 heavy (non-hydrogen) atoms. The van der Waals surface area contributed by atoms with Gasteiger partial charge in [0.2, 0.25) is 5.91 Å². The Balaban J connectivity index is 1.84. The normalized spacial score (nSPS) is 13.3. The lowest BCUT2D eigenvalue weighted by Gasteiger charge is -2.19. The van der Waals surface area contributed by atoms with Crippen LogP contribution < -0.4 is 5.32 Å². The lowest BCUT2D eigenvalue weighted by Crippen LogP contribution is -2.31. The van der Waals surface area contributed by atoms with Crippen LogP contribution in [-0.2, 0) is 4.79 Å². The number of hydrogen-bond acceptors (Lipinski definition) is 3. The Bertz CT molecular complexity index is 632. The summed E-state index contributed by atoms with van der Waals surface area (Å²) in [5, 5.41) is 12.6. The molecule has 0 aliphatic carbocycles. The molecule has 2 rings (SSSR count). The fraction of sp³-hybridized carbons (Fsp3) is 0.316. The molecule has 2 atom stereocenters. The third kappa shape index (κ3) is 6.34. The first-order valence-electron chi connectivity index (χ1n) is 7.92. The zero-order chi connectivity index (χ0) is 17.4. The van der Waals surface area contributed by atoms with Crippen molar-refractivity contribution < 1.29 is 14.3 Å². The third-order valence-corrected chi connectivity index (χ3v) is 4.64. The molecular formula is C19H22FNO2S. The average Bonchev–Trinajstić information content (AvgIpc) is 2.58. The highest BCUT2D eigenvalue weighted by molar-refractivity contribution is 8.00. The van der Waals surface area contributed by atoms with Crippen molar-refractivity contribution in [1.82, 2.24) is 5.32 Å². The molecule has 2 aromatic rings. The zero-order valence-corrected chi connectivity index (χ0v) is 14.4. The van der Waals surface area contributed by atoms with E-state index in [9.17, 15) is 14.3 Å². The molecule has 0 bridgehead atoms. The summed E-state index contributed by atoms with van der Waals surface area (Å²) < 4.78 is 12.9. The molecule has 0 fully saturated rings. The minimum Gasteiger partial charge on any atom is -0.393 e. The molecule has 0 heterocycles. The van der Waals surface area contributed by atoms with Gasteiger partial charge in [-0.15, -0.1) is 11.8 Å². The number of nitrogens with one attached hydrogen (secondary N) is 1. The number of hydrogen-bond donors (Lipinski definition) is 2. The molecule has 0 saturated heterocycles. The van der Waals surface area contributed by atoms with Crippen LogP contribution in [0.15, 0.2) is 59.5 Å². The third-order valence-electron chi connectivity index (χ3n) is 3.63. The first-order valence-corrected chi connectivity index (χ1v) is 8.91. The van der Waals surface area contributed by atoms with Crippen molar-refractivity contribution in [2.24, 2.45) is 0 Å². The number of halogens is 1. The number of carbonyl (C=O) groups excluding carboxylic acids is 1. The largest absolute Gasteiger partial charge is 0.393 e. The van der Waals surface area contributed by atoms with Gasteiger partial charge in [-0.1, -0.05) is 30.3 Å². The smallest absolute Gasteiger partial charge is 0.230 e. The first-order chi connectivity index (χ1) is 11.5. The Morgan fingerprint density at radius 2 is 1.83 bits per heavy atom. The van der Waals surface area contributed by atoms with Gasteiger partial charge in [-0.2, -0.15) is 0 Å². The minimum absolute atomic E-state index is 0.0733. The van der Waals surface area contributed by atoms with Gasteiger partial charge in [-0.3, -0.25) is 4.79 Å². The molecule has 128 valence electrons. The lowest BCUT2D eigenvalue weighted by molar-refractivity contribution is -0.118. The SMILES string of the molecule is CC(O)CC(CNC(=O)CSc1ccc(F)cc1)c1ccccc1. The molecule has 0 radical (unpaired) electrons. The molecule has 0 saturated carbocycles. The van der Waals surface area contributed by atoms with Crippen molar-refractivity contribution in [1.29, 1.82) is 0 Å². The first kappa shape index (κ1) is 18.5. The average molecular weight is 347 g/mol. The quantitative estimate of drug-likeness (QED) is 0.718. The molecule has 0 aliphatic heterocycles. The Morgan fingerprint density at radius 1 is 1.17 bits per heavy atom. The standard InChI is InChI=1S/C19H22FNO2S/c1-14(22)11-16(15-5-3-2-4-6-15)12-21-19(23)13-24-18-9-7-17(20)8-10-18/h2-10,14,16,22H,11-13H2,1H3,(H,21,23). The topological polar surface area (TPSA) is 49.3 Å². The molecular weight excluding hydrogens is 325 g/mol.